The van der Waals surface area contributed by atoms with Crippen molar-refractivity contribution in [3.05, 3.63) is 36.9 Å². The van der Waals surface area contributed by atoms with Gasteiger partial charge in [-0.2, -0.15) is 5.10 Å². The molecule has 0 unspecified atom stereocenters. The number of rotatable bonds is 3. The van der Waals surface area contributed by atoms with Crippen molar-refractivity contribution in [2.24, 2.45) is 0 Å². The van der Waals surface area contributed by atoms with Gasteiger partial charge in [0.15, 0.2) is 11.3 Å². The van der Waals surface area contributed by atoms with Gasteiger partial charge in [-0.05, 0) is 26.0 Å². The standard InChI is InChI=1S/C15H15N7/c1-9(2)22-6-3-10-7-11(8-18-15(10)22)19-14-12-13(20-21-14)17-5-4-16-12/h3-9H,1-2H3,(H2,17,19,20,21). The molecule has 0 aliphatic rings. The maximum Gasteiger partial charge on any atom is 0.201 e. The van der Waals surface area contributed by atoms with Crippen LogP contribution in [-0.4, -0.2) is 29.7 Å². The summed E-state index contributed by atoms with van der Waals surface area (Å²) in [6.45, 7) is 4.28. The summed E-state index contributed by atoms with van der Waals surface area (Å²) in [5, 5.41) is 11.4. The average Bonchev–Trinajstić information content (AvgIpc) is 3.11. The maximum absolute atomic E-state index is 4.55. The second kappa shape index (κ2) is 4.80. The highest BCUT2D eigenvalue weighted by atomic mass is 15.2. The number of H-pyrrole nitrogens is 1. The van der Waals surface area contributed by atoms with Crippen LogP contribution in [0.25, 0.3) is 22.2 Å². The molecule has 0 saturated carbocycles. The fraction of sp³-hybridized carbons (Fsp3) is 0.200. The van der Waals surface area contributed by atoms with E-state index in [4.69, 9.17) is 0 Å². The molecular formula is C15H15N7. The van der Waals surface area contributed by atoms with Gasteiger partial charge in [0.2, 0.25) is 5.65 Å². The van der Waals surface area contributed by atoms with Gasteiger partial charge in [-0.15, -0.1) is 0 Å². The minimum Gasteiger partial charge on any atom is -0.337 e. The third kappa shape index (κ3) is 1.98. The Morgan fingerprint density at radius 1 is 1.18 bits per heavy atom. The molecule has 0 fully saturated rings. The van der Waals surface area contributed by atoms with Crippen LogP contribution in [0.5, 0.6) is 0 Å². The van der Waals surface area contributed by atoms with Gasteiger partial charge in [0.1, 0.15) is 5.65 Å². The van der Waals surface area contributed by atoms with Crippen LogP contribution in [-0.2, 0) is 0 Å². The predicted octanol–water partition coefficient (Wildman–Crippen LogP) is 3.03. The van der Waals surface area contributed by atoms with E-state index in [-0.39, 0.29) is 0 Å². The molecule has 0 radical (unpaired) electrons. The molecule has 7 heteroatoms. The van der Waals surface area contributed by atoms with Crippen molar-refractivity contribution in [3.8, 4) is 0 Å². The van der Waals surface area contributed by atoms with E-state index >= 15 is 0 Å². The largest absolute Gasteiger partial charge is 0.337 e. The van der Waals surface area contributed by atoms with Crippen molar-refractivity contribution in [1.82, 2.24) is 29.7 Å². The molecule has 0 aromatic carbocycles. The average molecular weight is 293 g/mol. The van der Waals surface area contributed by atoms with E-state index < -0.39 is 0 Å². The van der Waals surface area contributed by atoms with Crippen LogP contribution in [0.2, 0.25) is 0 Å². The summed E-state index contributed by atoms with van der Waals surface area (Å²) in [5.74, 6) is 0.715. The second-order valence-corrected chi connectivity index (χ2v) is 5.41. The lowest BCUT2D eigenvalue weighted by molar-refractivity contribution is 0.618. The van der Waals surface area contributed by atoms with Crippen LogP contribution >= 0.6 is 0 Å². The van der Waals surface area contributed by atoms with Crippen LogP contribution in [0.1, 0.15) is 19.9 Å². The van der Waals surface area contributed by atoms with Crippen molar-refractivity contribution in [1.29, 1.82) is 0 Å². The zero-order chi connectivity index (χ0) is 15.1. The van der Waals surface area contributed by atoms with E-state index in [2.05, 4.69) is 67.2 Å². The van der Waals surface area contributed by atoms with E-state index in [0.29, 0.717) is 23.0 Å². The van der Waals surface area contributed by atoms with Gasteiger partial charge in [0.25, 0.3) is 0 Å². The van der Waals surface area contributed by atoms with Crippen molar-refractivity contribution >= 4 is 33.7 Å². The number of pyridine rings is 1. The van der Waals surface area contributed by atoms with Crippen LogP contribution < -0.4 is 5.32 Å². The number of nitrogens with one attached hydrogen (secondary N) is 2. The van der Waals surface area contributed by atoms with Crippen LogP contribution in [0.4, 0.5) is 11.5 Å². The van der Waals surface area contributed by atoms with E-state index in [9.17, 15) is 0 Å². The minimum absolute atomic E-state index is 0.385. The first-order valence-corrected chi connectivity index (χ1v) is 7.11. The van der Waals surface area contributed by atoms with Gasteiger partial charge in [-0.1, -0.05) is 0 Å². The van der Waals surface area contributed by atoms with Crippen molar-refractivity contribution in [3.63, 3.8) is 0 Å². The molecule has 0 saturated heterocycles. The molecule has 2 N–H and O–H groups in total. The van der Waals surface area contributed by atoms with Gasteiger partial charge < -0.3 is 9.88 Å². The normalized spacial score (nSPS) is 11.6. The molecule has 0 bridgehead atoms. The van der Waals surface area contributed by atoms with Crippen molar-refractivity contribution < 1.29 is 0 Å². The number of hydrogen-bond acceptors (Lipinski definition) is 5. The highest BCUT2D eigenvalue weighted by Gasteiger charge is 2.09. The van der Waals surface area contributed by atoms with Crippen LogP contribution in [0, 0.1) is 0 Å². The Morgan fingerprint density at radius 3 is 2.91 bits per heavy atom. The molecule has 7 nitrogen and oxygen atoms in total. The molecule has 0 aliphatic heterocycles. The number of fused-ring (bicyclic) bond motifs is 2. The summed E-state index contributed by atoms with van der Waals surface area (Å²) in [6.07, 6.45) is 7.13. The summed E-state index contributed by atoms with van der Waals surface area (Å²) >= 11 is 0. The third-order valence-electron chi connectivity index (χ3n) is 3.57. The molecule has 110 valence electrons. The first-order chi connectivity index (χ1) is 10.7. The first-order valence-electron chi connectivity index (χ1n) is 7.11. The fourth-order valence-corrected chi connectivity index (χ4v) is 2.51. The number of nitrogens with zero attached hydrogens (tertiary/aromatic N) is 5. The molecular weight excluding hydrogens is 278 g/mol. The minimum atomic E-state index is 0.385. The van der Waals surface area contributed by atoms with Crippen LogP contribution in [0.3, 0.4) is 0 Å². The van der Waals surface area contributed by atoms with Crippen LogP contribution in [0.15, 0.2) is 36.9 Å². The van der Waals surface area contributed by atoms with E-state index in [1.165, 1.54) is 0 Å². The van der Waals surface area contributed by atoms with Gasteiger partial charge in [-0.3, -0.25) is 5.10 Å². The molecule has 0 atom stereocenters. The lowest BCUT2D eigenvalue weighted by atomic mass is 10.3. The summed E-state index contributed by atoms with van der Waals surface area (Å²) in [4.78, 5) is 13.0. The SMILES string of the molecule is CC(C)n1ccc2cc(Nc3[nH]nc4nccnc34)cnc21. The Bertz CT molecular complexity index is 951. The lowest BCUT2D eigenvalue weighted by Gasteiger charge is -2.09. The Balaban J connectivity index is 1.72. The molecule has 0 aliphatic carbocycles. The van der Waals surface area contributed by atoms with Gasteiger partial charge >= 0.3 is 0 Å². The van der Waals surface area contributed by atoms with Gasteiger partial charge in [-0.25, -0.2) is 15.0 Å². The molecule has 4 heterocycles. The smallest absolute Gasteiger partial charge is 0.201 e. The molecule has 4 aromatic rings. The lowest BCUT2D eigenvalue weighted by Crippen LogP contribution is -2.00. The molecule has 22 heavy (non-hydrogen) atoms. The summed E-state index contributed by atoms with van der Waals surface area (Å²) in [6, 6.07) is 4.51. The number of aromatic amines is 1. The Hall–Kier alpha value is -2.96. The highest BCUT2D eigenvalue weighted by molar-refractivity contribution is 5.87. The zero-order valence-corrected chi connectivity index (χ0v) is 12.3. The topological polar surface area (TPSA) is 84.3 Å². The Kier molecular flexibility index (Phi) is 2.78. The summed E-state index contributed by atoms with van der Waals surface area (Å²) in [7, 11) is 0. The van der Waals surface area contributed by atoms with Gasteiger partial charge in [0, 0.05) is 30.0 Å². The predicted molar refractivity (Wildman–Crippen MR) is 85.1 cm³/mol. The Labute approximate surface area is 126 Å². The maximum atomic E-state index is 4.55. The summed E-state index contributed by atoms with van der Waals surface area (Å²) in [5.41, 5.74) is 3.16. The van der Waals surface area contributed by atoms with E-state index in [0.717, 1.165) is 16.7 Å². The van der Waals surface area contributed by atoms with E-state index in [1.54, 1.807) is 12.4 Å². The molecule has 4 aromatic heterocycles. The van der Waals surface area contributed by atoms with E-state index in [1.807, 2.05) is 6.20 Å². The highest BCUT2D eigenvalue weighted by Crippen LogP contribution is 2.24. The quantitative estimate of drug-likeness (QED) is 0.606. The van der Waals surface area contributed by atoms with Crippen molar-refractivity contribution in [2.75, 3.05) is 5.32 Å². The Morgan fingerprint density at radius 2 is 2.05 bits per heavy atom. The van der Waals surface area contributed by atoms with Crippen molar-refractivity contribution in [2.45, 2.75) is 19.9 Å². The second-order valence-electron chi connectivity index (χ2n) is 5.41. The zero-order valence-electron chi connectivity index (χ0n) is 12.3. The fourth-order valence-electron chi connectivity index (χ4n) is 2.51. The number of anilines is 2. The first kappa shape index (κ1) is 12.8. The number of hydrogen-bond donors (Lipinski definition) is 2. The molecule has 0 amide bonds. The summed E-state index contributed by atoms with van der Waals surface area (Å²) < 4.78 is 2.15. The molecule has 0 spiro atoms. The molecule has 4 rings (SSSR count). The third-order valence-corrected chi connectivity index (χ3v) is 3.57. The number of aromatic nitrogens is 6. The monoisotopic (exact) mass is 293 g/mol. The van der Waals surface area contributed by atoms with Gasteiger partial charge in [0.05, 0.1) is 11.9 Å².